The average molecular weight is 317 g/mol. The molecule has 0 atom stereocenters. The summed E-state index contributed by atoms with van der Waals surface area (Å²) >= 11 is 0. The van der Waals surface area contributed by atoms with Crippen LogP contribution < -0.4 is 4.74 Å². The van der Waals surface area contributed by atoms with E-state index in [-0.39, 0.29) is 0 Å². The fourth-order valence-electron chi connectivity index (χ4n) is 2.56. The molecule has 0 fully saturated rings. The summed E-state index contributed by atoms with van der Waals surface area (Å²) in [5, 5.41) is 5.09. The van der Waals surface area contributed by atoms with Crippen molar-refractivity contribution in [3.63, 3.8) is 0 Å². The Hall–Kier alpha value is -3.21. The number of nitrogens with zero attached hydrogens (tertiary/aromatic N) is 3. The molecule has 0 radical (unpaired) electrons. The number of hydrogen-bond donors (Lipinski definition) is 0. The topological polar surface area (TPSA) is 61.0 Å². The molecule has 4 rings (SSSR count). The van der Waals surface area contributed by atoms with Gasteiger partial charge in [-0.25, -0.2) is 4.98 Å². The van der Waals surface area contributed by atoms with Crippen molar-refractivity contribution in [3.05, 3.63) is 60.2 Å². The first-order chi connectivity index (χ1) is 11.7. The Labute approximate surface area is 138 Å². The molecule has 0 saturated heterocycles. The van der Waals surface area contributed by atoms with Crippen molar-refractivity contribution >= 4 is 10.9 Å². The lowest BCUT2D eigenvalue weighted by Crippen LogP contribution is -1.94. The van der Waals surface area contributed by atoms with E-state index >= 15 is 0 Å². The minimum absolute atomic E-state index is 0.459. The first kappa shape index (κ1) is 14.4. The van der Waals surface area contributed by atoms with Crippen LogP contribution in [-0.2, 0) is 0 Å². The maximum Gasteiger partial charge on any atom is 0.258 e. The number of pyridine rings is 1. The molecule has 4 aromatic rings. The molecule has 24 heavy (non-hydrogen) atoms. The molecule has 0 spiro atoms. The Bertz CT molecular complexity index is 1010. The van der Waals surface area contributed by atoms with Gasteiger partial charge >= 0.3 is 0 Å². The van der Waals surface area contributed by atoms with Crippen molar-refractivity contribution in [1.82, 2.24) is 15.1 Å². The highest BCUT2D eigenvalue weighted by Gasteiger charge is 2.16. The van der Waals surface area contributed by atoms with Crippen LogP contribution in [-0.4, -0.2) is 22.2 Å². The summed E-state index contributed by atoms with van der Waals surface area (Å²) in [5.74, 6) is 1.41. The van der Waals surface area contributed by atoms with E-state index in [0.29, 0.717) is 23.2 Å². The van der Waals surface area contributed by atoms with Crippen molar-refractivity contribution in [2.24, 2.45) is 0 Å². The van der Waals surface area contributed by atoms with Gasteiger partial charge in [0, 0.05) is 10.9 Å². The Balaban J connectivity index is 1.81. The quantitative estimate of drug-likeness (QED) is 0.565. The molecule has 0 aliphatic carbocycles. The van der Waals surface area contributed by atoms with Gasteiger partial charge in [-0.1, -0.05) is 41.1 Å². The van der Waals surface area contributed by atoms with E-state index in [0.717, 1.165) is 16.5 Å². The second-order valence-electron chi connectivity index (χ2n) is 5.53. The Morgan fingerprint density at radius 3 is 2.54 bits per heavy atom. The number of aryl methyl sites for hydroxylation is 1. The van der Waals surface area contributed by atoms with Crippen molar-refractivity contribution < 1.29 is 9.26 Å². The molecule has 118 valence electrons. The van der Waals surface area contributed by atoms with Gasteiger partial charge < -0.3 is 9.26 Å². The fourth-order valence-corrected chi connectivity index (χ4v) is 2.56. The van der Waals surface area contributed by atoms with E-state index in [1.165, 1.54) is 5.56 Å². The number of methoxy groups -OCH3 is 1. The lowest BCUT2D eigenvalue weighted by molar-refractivity contribution is 0.399. The van der Waals surface area contributed by atoms with Crippen LogP contribution in [0.25, 0.3) is 33.7 Å². The lowest BCUT2D eigenvalue weighted by Gasteiger charge is -2.06. The highest BCUT2D eigenvalue weighted by Crippen LogP contribution is 2.31. The third-order valence-electron chi connectivity index (χ3n) is 3.85. The van der Waals surface area contributed by atoms with Crippen LogP contribution in [0.4, 0.5) is 0 Å². The van der Waals surface area contributed by atoms with Crippen molar-refractivity contribution in [2.75, 3.05) is 7.11 Å². The minimum atomic E-state index is 0.459. The summed E-state index contributed by atoms with van der Waals surface area (Å²) in [6.45, 7) is 2.04. The van der Waals surface area contributed by atoms with Gasteiger partial charge in [-0.2, -0.15) is 4.98 Å². The molecule has 0 unspecified atom stereocenters. The first-order valence-corrected chi connectivity index (χ1v) is 7.59. The van der Waals surface area contributed by atoms with Gasteiger partial charge in [0.05, 0.1) is 18.2 Å². The van der Waals surface area contributed by atoms with E-state index in [1.807, 2.05) is 61.5 Å². The molecule has 5 nitrogen and oxygen atoms in total. The number of ether oxygens (including phenoxy) is 1. The molecular weight excluding hydrogens is 302 g/mol. The van der Waals surface area contributed by atoms with Crippen LogP contribution in [0.1, 0.15) is 5.56 Å². The molecule has 0 N–H and O–H groups in total. The summed E-state index contributed by atoms with van der Waals surface area (Å²) in [5.41, 5.74) is 3.63. The largest absolute Gasteiger partial charge is 0.480 e. The molecule has 0 saturated carbocycles. The highest BCUT2D eigenvalue weighted by atomic mass is 16.5. The van der Waals surface area contributed by atoms with Crippen LogP contribution in [0.15, 0.2) is 59.1 Å². The molecular formula is C19H15N3O2. The van der Waals surface area contributed by atoms with Gasteiger partial charge in [-0.3, -0.25) is 0 Å². The Morgan fingerprint density at radius 2 is 1.75 bits per heavy atom. The maximum absolute atomic E-state index is 5.41. The van der Waals surface area contributed by atoms with Crippen LogP contribution in [0.3, 0.4) is 0 Å². The summed E-state index contributed by atoms with van der Waals surface area (Å²) in [7, 11) is 1.58. The molecule has 0 aliphatic rings. The first-order valence-electron chi connectivity index (χ1n) is 7.59. The van der Waals surface area contributed by atoms with E-state index in [2.05, 4.69) is 15.1 Å². The summed E-state index contributed by atoms with van der Waals surface area (Å²) in [4.78, 5) is 9.02. The molecule has 2 aromatic carbocycles. The van der Waals surface area contributed by atoms with Crippen molar-refractivity contribution in [2.45, 2.75) is 6.92 Å². The second-order valence-corrected chi connectivity index (χ2v) is 5.53. The predicted octanol–water partition coefficient (Wildman–Crippen LogP) is 4.27. The molecule has 0 bridgehead atoms. The third-order valence-corrected chi connectivity index (χ3v) is 3.85. The fraction of sp³-hybridized carbons (Fsp3) is 0.105. The molecule has 0 amide bonds. The normalized spacial score (nSPS) is 10.9. The predicted molar refractivity (Wildman–Crippen MR) is 91.8 cm³/mol. The smallest absolute Gasteiger partial charge is 0.258 e. The Kier molecular flexibility index (Phi) is 3.46. The number of para-hydroxylation sites is 1. The number of benzene rings is 2. The number of rotatable bonds is 3. The zero-order valence-electron chi connectivity index (χ0n) is 13.4. The monoisotopic (exact) mass is 317 g/mol. The molecule has 5 heteroatoms. The minimum Gasteiger partial charge on any atom is -0.480 e. The van der Waals surface area contributed by atoms with Gasteiger partial charge in [0.2, 0.25) is 11.7 Å². The van der Waals surface area contributed by atoms with Gasteiger partial charge in [0.25, 0.3) is 5.89 Å². The number of hydrogen-bond acceptors (Lipinski definition) is 5. The van der Waals surface area contributed by atoms with Crippen LogP contribution >= 0.6 is 0 Å². The second kappa shape index (κ2) is 5.77. The van der Waals surface area contributed by atoms with Crippen molar-refractivity contribution in [1.29, 1.82) is 0 Å². The van der Waals surface area contributed by atoms with Crippen LogP contribution in [0.2, 0.25) is 0 Å². The Morgan fingerprint density at radius 1 is 0.958 bits per heavy atom. The van der Waals surface area contributed by atoms with E-state index in [1.54, 1.807) is 7.11 Å². The standard InChI is InChI=1S/C19H15N3O2/c1-12-7-9-13(10-8-12)18-21-17(22-24-18)15-11-14-5-3-4-6-16(14)20-19(15)23-2/h3-11H,1-2H3. The average Bonchev–Trinajstić information content (AvgIpc) is 3.11. The van der Waals surface area contributed by atoms with E-state index in [9.17, 15) is 0 Å². The van der Waals surface area contributed by atoms with Crippen LogP contribution in [0.5, 0.6) is 5.88 Å². The zero-order chi connectivity index (χ0) is 16.5. The van der Waals surface area contributed by atoms with E-state index in [4.69, 9.17) is 9.26 Å². The molecule has 2 aromatic heterocycles. The maximum atomic E-state index is 5.41. The summed E-state index contributed by atoms with van der Waals surface area (Å²) in [6.07, 6.45) is 0. The summed E-state index contributed by atoms with van der Waals surface area (Å²) < 4.78 is 10.8. The summed E-state index contributed by atoms with van der Waals surface area (Å²) in [6, 6.07) is 17.7. The van der Waals surface area contributed by atoms with Crippen LogP contribution in [0, 0.1) is 6.92 Å². The number of fused-ring (bicyclic) bond motifs is 1. The highest BCUT2D eigenvalue weighted by molar-refractivity contribution is 5.84. The third kappa shape index (κ3) is 2.50. The zero-order valence-corrected chi connectivity index (χ0v) is 13.4. The number of aromatic nitrogens is 3. The van der Waals surface area contributed by atoms with Gasteiger partial charge in [-0.05, 0) is 31.2 Å². The van der Waals surface area contributed by atoms with Gasteiger partial charge in [-0.15, -0.1) is 0 Å². The van der Waals surface area contributed by atoms with Gasteiger partial charge in [0.15, 0.2) is 0 Å². The molecule has 2 heterocycles. The van der Waals surface area contributed by atoms with Gasteiger partial charge in [0.1, 0.15) is 0 Å². The van der Waals surface area contributed by atoms with E-state index < -0.39 is 0 Å². The SMILES string of the molecule is COc1nc2ccccc2cc1-c1noc(-c2ccc(C)cc2)n1. The molecule has 0 aliphatic heterocycles. The van der Waals surface area contributed by atoms with Crippen molar-refractivity contribution in [3.8, 4) is 28.7 Å². The lowest BCUT2D eigenvalue weighted by atomic mass is 10.1.